The quantitative estimate of drug-likeness (QED) is 0.725. The van der Waals surface area contributed by atoms with Gasteiger partial charge in [-0.2, -0.15) is 5.10 Å². The van der Waals surface area contributed by atoms with E-state index in [1.54, 1.807) is 6.20 Å². The maximum absolute atomic E-state index is 4.62. The molecule has 1 aliphatic carbocycles. The summed E-state index contributed by atoms with van der Waals surface area (Å²) in [5.41, 5.74) is 3.44. The molecule has 1 saturated heterocycles. The van der Waals surface area contributed by atoms with E-state index in [2.05, 4.69) is 43.2 Å². The molecule has 2 aliphatic rings. The van der Waals surface area contributed by atoms with Crippen molar-refractivity contribution in [2.24, 2.45) is 0 Å². The van der Waals surface area contributed by atoms with E-state index in [1.165, 1.54) is 17.7 Å². The topological polar surface area (TPSA) is 62.5 Å². The van der Waals surface area contributed by atoms with Gasteiger partial charge in [0.25, 0.3) is 0 Å². The van der Waals surface area contributed by atoms with Gasteiger partial charge in [-0.1, -0.05) is 0 Å². The van der Waals surface area contributed by atoms with Crippen LogP contribution in [0, 0.1) is 0 Å². The smallest absolute Gasteiger partial charge is 0.153 e. The van der Waals surface area contributed by atoms with Crippen molar-refractivity contribution < 1.29 is 0 Å². The number of hydrogen-bond acceptors (Lipinski definition) is 6. The number of fused-ring (bicyclic) bond motifs is 2. The molecule has 3 aromatic heterocycles. The van der Waals surface area contributed by atoms with Crippen molar-refractivity contribution in [2.75, 3.05) is 29.9 Å². The van der Waals surface area contributed by atoms with E-state index in [1.807, 2.05) is 22.8 Å². The predicted octanol–water partition coefficient (Wildman–Crippen LogP) is 1.33. The minimum Gasteiger partial charge on any atom is -0.352 e. The highest BCUT2D eigenvalue weighted by atomic mass is 15.4. The second-order valence-corrected chi connectivity index (χ2v) is 6.62. The van der Waals surface area contributed by atoms with Gasteiger partial charge in [-0.05, 0) is 43.0 Å². The number of likely N-dealkylation sites (N-methyl/N-ethyl adjacent to an activating group) is 1. The fourth-order valence-electron chi connectivity index (χ4n) is 3.54. The van der Waals surface area contributed by atoms with Gasteiger partial charge in [0.15, 0.2) is 11.5 Å². The molecule has 0 bridgehead atoms. The Morgan fingerprint density at radius 3 is 3.00 bits per heavy atom. The SMILES string of the molecule is CN(c1ccc2nccn2n1)C1CN(c2cc3c(nn2)CCC3)C1. The third-order valence-electron chi connectivity index (χ3n) is 5.14. The summed E-state index contributed by atoms with van der Waals surface area (Å²) >= 11 is 0. The Morgan fingerprint density at radius 2 is 2.08 bits per heavy atom. The van der Waals surface area contributed by atoms with Crippen molar-refractivity contribution in [2.45, 2.75) is 25.3 Å². The molecule has 0 N–H and O–H groups in total. The molecule has 4 heterocycles. The number of aromatic nitrogens is 5. The Bertz CT molecular complexity index is 897. The van der Waals surface area contributed by atoms with Gasteiger partial charge in [-0.25, -0.2) is 9.50 Å². The van der Waals surface area contributed by atoms with Crippen LogP contribution < -0.4 is 9.80 Å². The lowest BCUT2D eigenvalue weighted by atomic mass is 10.1. The molecule has 5 rings (SSSR count). The molecule has 0 radical (unpaired) electrons. The molecule has 7 heteroatoms. The first kappa shape index (κ1) is 13.7. The van der Waals surface area contributed by atoms with E-state index in [4.69, 9.17) is 0 Å². The molecule has 122 valence electrons. The van der Waals surface area contributed by atoms with Crippen LogP contribution in [0.5, 0.6) is 0 Å². The van der Waals surface area contributed by atoms with E-state index < -0.39 is 0 Å². The molecule has 24 heavy (non-hydrogen) atoms. The largest absolute Gasteiger partial charge is 0.352 e. The molecule has 0 unspecified atom stereocenters. The molecule has 1 aliphatic heterocycles. The van der Waals surface area contributed by atoms with Crippen LogP contribution in [0.4, 0.5) is 11.6 Å². The van der Waals surface area contributed by atoms with E-state index in [-0.39, 0.29) is 0 Å². The van der Waals surface area contributed by atoms with E-state index >= 15 is 0 Å². The standard InChI is InChI=1S/C17H19N7/c1-22(16-6-5-15-18-7-8-24(15)21-16)13-10-23(11-13)17-9-12-3-2-4-14(12)19-20-17/h5-9,13H,2-4,10-11H2,1H3. The van der Waals surface area contributed by atoms with Gasteiger partial charge in [0, 0.05) is 32.5 Å². The van der Waals surface area contributed by atoms with Gasteiger partial charge >= 0.3 is 0 Å². The fourth-order valence-corrected chi connectivity index (χ4v) is 3.54. The Balaban J connectivity index is 1.30. The van der Waals surface area contributed by atoms with Crippen LogP contribution in [0.25, 0.3) is 5.65 Å². The highest BCUT2D eigenvalue weighted by Crippen LogP contribution is 2.27. The second-order valence-electron chi connectivity index (χ2n) is 6.62. The normalized spacial score (nSPS) is 17.1. The molecule has 7 nitrogen and oxygen atoms in total. The van der Waals surface area contributed by atoms with Gasteiger partial charge in [-0.15, -0.1) is 10.2 Å². The van der Waals surface area contributed by atoms with Gasteiger partial charge in [0.2, 0.25) is 0 Å². The zero-order chi connectivity index (χ0) is 16.1. The second kappa shape index (κ2) is 5.15. The Labute approximate surface area is 139 Å². The van der Waals surface area contributed by atoms with Gasteiger partial charge in [-0.3, -0.25) is 0 Å². The average molecular weight is 321 g/mol. The summed E-state index contributed by atoms with van der Waals surface area (Å²) < 4.78 is 1.81. The summed E-state index contributed by atoms with van der Waals surface area (Å²) in [6.45, 7) is 1.90. The minimum atomic E-state index is 0.438. The van der Waals surface area contributed by atoms with Crippen LogP contribution in [-0.4, -0.2) is 51.0 Å². The van der Waals surface area contributed by atoms with Crippen molar-refractivity contribution >= 4 is 17.3 Å². The summed E-state index contributed by atoms with van der Waals surface area (Å²) in [6, 6.07) is 6.69. The van der Waals surface area contributed by atoms with Crippen molar-refractivity contribution in [1.29, 1.82) is 0 Å². The van der Waals surface area contributed by atoms with Gasteiger partial charge < -0.3 is 9.80 Å². The number of rotatable bonds is 3. The van der Waals surface area contributed by atoms with Crippen molar-refractivity contribution in [3.8, 4) is 0 Å². The van der Waals surface area contributed by atoms with Gasteiger partial charge in [0.05, 0.1) is 11.7 Å². The van der Waals surface area contributed by atoms with Crippen molar-refractivity contribution in [3.05, 3.63) is 41.9 Å². The third kappa shape index (κ3) is 2.11. The lowest BCUT2D eigenvalue weighted by molar-refractivity contribution is 0.486. The number of nitrogens with zero attached hydrogens (tertiary/aromatic N) is 7. The summed E-state index contributed by atoms with van der Waals surface area (Å²) in [5.74, 6) is 1.98. The predicted molar refractivity (Wildman–Crippen MR) is 91.4 cm³/mol. The maximum atomic E-state index is 4.62. The van der Waals surface area contributed by atoms with Crippen LogP contribution in [-0.2, 0) is 12.8 Å². The molecule has 0 saturated carbocycles. The summed E-state index contributed by atoms with van der Waals surface area (Å²) in [5, 5.41) is 13.4. The van der Waals surface area contributed by atoms with Crippen molar-refractivity contribution in [1.82, 2.24) is 24.8 Å². The first-order chi connectivity index (χ1) is 11.8. The van der Waals surface area contributed by atoms with Crippen LogP contribution in [0.2, 0.25) is 0 Å². The summed E-state index contributed by atoms with van der Waals surface area (Å²) in [4.78, 5) is 8.76. The van der Waals surface area contributed by atoms with Crippen molar-refractivity contribution in [3.63, 3.8) is 0 Å². The Hall–Kier alpha value is -2.70. The maximum Gasteiger partial charge on any atom is 0.153 e. The number of imidazole rings is 1. The van der Waals surface area contributed by atoms with E-state index in [0.717, 1.165) is 43.2 Å². The molecular formula is C17H19N7. The number of hydrogen-bond donors (Lipinski definition) is 0. The van der Waals surface area contributed by atoms with Crippen LogP contribution in [0.1, 0.15) is 17.7 Å². The molecule has 0 amide bonds. The monoisotopic (exact) mass is 321 g/mol. The highest BCUT2D eigenvalue weighted by molar-refractivity contribution is 5.51. The highest BCUT2D eigenvalue weighted by Gasteiger charge is 2.32. The summed E-state index contributed by atoms with van der Waals surface area (Å²) in [7, 11) is 2.10. The van der Waals surface area contributed by atoms with E-state index in [9.17, 15) is 0 Å². The lowest BCUT2D eigenvalue weighted by Crippen LogP contribution is -2.59. The number of anilines is 2. The fraction of sp³-hybridized carbons (Fsp3) is 0.412. The first-order valence-electron chi connectivity index (χ1n) is 8.41. The third-order valence-corrected chi connectivity index (χ3v) is 5.14. The zero-order valence-corrected chi connectivity index (χ0v) is 13.6. The Morgan fingerprint density at radius 1 is 1.17 bits per heavy atom. The summed E-state index contributed by atoms with van der Waals surface area (Å²) in [6.07, 6.45) is 7.07. The van der Waals surface area contributed by atoms with Crippen LogP contribution in [0.3, 0.4) is 0 Å². The minimum absolute atomic E-state index is 0.438. The van der Waals surface area contributed by atoms with E-state index in [0.29, 0.717) is 6.04 Å². The molecule has 1 fully saturated rings. The molecule has 0 aromatic carbocycles. The lowest BCUT2D eigenvalue weighted by Gasteiger charge is -2.44. The Kier molecular flexibility index (Phi) is 2.95. The number of aryl methyl sites for hydroxylation is 2. The molecule has 0 atom stereocenters. The molecule has 0 spiro atoms. The first-order valence-corrected chi connectivity index (χ1v) is 8.41. The average Bonchev–Trinajstić information content (AvgIpc) is 3.21. The van der Waals surface area contributed by atoms with Crippen LogP contribution >= 0.6 is 0 Å². The molecular weight excluding hydrogens is 302 g/mol. The zero-order valence-electron chi connectivity index (χ0n) is 13.6. The van der Waals surface area contributed by atoms with Crippen LogP contribution in [0.15, 0.2) is 30.6 Å². The van der Waals surface area contributed by atoms with Gasteiger partial charge in [0.1, 0.15) is 5.82 Å². The molecule has 3 aromatic rings.